The fraction of sp³-hybridized carbons (Fsp3) is 0.833. The molecule has 2 unspecified atom stereocenters. The average molecular weight is 559 g/mol. The van der Waals surface area contributed by atoms with Gasteiger partial charge in [-0.2, -0.15) is 43.9 Å². The molecule has 2 atom stereocenters. The Morgan fingerprint density at radius 2 is 1.36 bits per heavy atom. The maximum Gasteiger partial charge on any atom is 0.384 e. The van der Waals surface area contributed by atoms with Crippen LogP contribution in [0.15, 0.2) is 0 Å². The van der Waals surface area contributed by atoms with Crippen molar-refractivity contribution >= 4 is 17.8 Å². The third-order valence-corrected chi connectivity index (χ3v) is 5.16. The zero-order valence-electron chi connectivity index (χ0n) is 18.6. The van der Waals surface area contributed by atoms with E-state index in [2.05, 4.69) is 9.47 Å². The van der Waals surface area contributed by atoms with Crippen LogP contribution >= 0.6 is 0 Å². The lowest BCUT2D eigenvalue weighted by Crippen LogP contribution is -2.69. The molecule has 0 aliphatic heterocycles. The second-order valence-electron chi connectivity index (χ2n) is 7.99. The van der Waals surface area contributed by atoms with Crippen LogP contribution in [0.4, 0.5) is 52.7 Å². The Kier molecular flexibility index (Phi) is 10.2. The first-order valence-electron chi connectivity index (χ1n) is 9.63. The molecule has 2 N–H and O–H groups in total. The summed E-state index contributed by atoms with van der Waals surface area (Å²) in [6.45, 7) is -0.426. The number of halogens is 12. The average Bonchev–Trinajstić information content (AvgIpc) is 2.74. The van der Waals surface area contributed by atoms with Gasteiger partial charge in [-0.1, -0.05) is 20.8 Å². The van der Waals surface area contributed by atoms with E-state index >= 15 is 0 Å². The van der Waals surface area contributed by atoms with E-state index in [1.165, 1.54) is 13.8 Å². The van der Waals surface area contributed by atoms with E-state index < -0.39 is 84.8 Å². The molecule has 0 fully saturated rings. The number of rotatable bonds is 14. The minimum Gasteiger partial charge on any atom is -0.479 e. The summed E-state index contributed by atoms with van der Waals surface area (Å²) in [5.74, 6) is -42.0. The van der Waals surface area contributed by atoms with Crippen molar-refractivity contribution in [1.82, 2.24) is 0 Å². The van der Waals surface area contributed by atoms with Crippen molar-refractivity contribution < 1.29 is 76.9 Å². The third-order valence-electron chi connectivity index (χ3n) is 5.16. The van der Waals surface area contributed by atoms with Crippen molar-refractivity contribution in [3.63, 3.8) is 0 Å². The second kappa shape index (κ2) is 10.9. The molecule has 0 radical (unpaired) electrons. The van der Waals surface area contributed by atoms with Crippen LogP contribution in [0.5, 0.6) is 0 Å². The number of carbonyl (C=O) groups is 2. The van der Waals surface area contributed by atoms with Gasteiger partial charge in [-0.3, -0.25) is 10.2 Å². The lowest BCUT2D eigenvalue weighted by Gasteiger charge is -2.39. The number of hydrogen-bond donors (Lipinski definition) is 2. The SMILES string of the molecule is CCC(C)(CC(C)C(=O)OCC(F)(F)C(F)(F)C(F)(F)C(F)(F)C(F)(F)C(F)F)C(=N)OCC(=O)O. The van der Waals surface area contributed by atoms with Crippen LogP contribution < -0.4 is 0 Å². The molecule has 0 aromatic heterocycles. The largest absolute Gasteiger partial charge is 0.479 e. The van der Waals surface area contributed by atoms with Gasteiger partial charge in [0.15, 0.2) is 19.1 Å². The minimum absolute atomic E-state index is 0.0308. The molecule has 0 bridgehead atoms. The molecule has 0 aliphatic rings. The predicted molar refractivity (Wildman–Crippen MR) is 95.2 cm³/mol. The van der Waals surface area contributed by atoms with E-state index in [0.29, 0.717) is 0 Å². The summed E-state index contributed by atoms with van der Waals surface area (Å²) in [7, 11) is 0. The maximum atomic E-state index is 13.8. The van der Waals surface area contributed by atoms with Gasteiger partial charge in [-0.05, 0) is 12.8 Å². The number of esters is 1. The van der Waals surface area contributed by atoms with Crippen LogP contribution in [0.25, 0.3) is 0 Å². The number of hydrogen-bond acceptors (Lipinski definition) is 5. The summed E-state index contributed by atoms with van der Waals surface area (Å²) in [6.07, 6.45) is -6.19. The lowest BCUT2D eigenvalue weighted by molar-refractivity contribution is -0.414. The minimum atomic E-state index is -7.74. The van der Waals surface area contributed by atoms with E-state index in [4.69, 9.17) is 10.5 Å². The van der Waals surface area contributed by atoms with E-state index in [9.17, 15) is 62.3 Å². The predicted octanol–water partition coefficient (Wildman–Crippen LogP) is 5.49. The van der Waals surface area contributed by atoms with Gasteiger partial charge in [-0.25, -0.2) is 13.6 Å². The summed E-state index contributed by atoms with van der Waals surface area (Å²) in [5.41, 5.74) is -1.45. The Labute approximate surface area is 195 Å². The van der Waals surface area contributed by atoms with Gasteiger partial charge in [-0.15, -0.1) is 0 Å². The monoisotopic (exact) mass is 559 g/mol. The Morgan fingerprint density at radius 3 is 1.75 bits per heavy atom. The first-order valence-corrected chi connectivity index (χ1v) is 9.63. The molecule has 36 heavy (non-hydrogen) atoms. The molecule has 0 rings (SSSR count). The van der Waals surface area contributed by atoms with Crippen molar-refractivity contribution in [3.8, 4) is 0 Å². The summed E-state index contributed by atoms with van der Waals surface area (Å²) < 4.78 is 166. The number of ether oxygens (including phenoxy) is 2. The molecule has 0 spiro atoms. The molecule has 0 saturated carbocycles. The summed E-state index contributed by atoms with van der Waals surface area (Å²) in [5, 5.41) is 16.3. The van der Waals surface area contributed by atoms with Gasteiger partial charge < -0.3 is 14.6 Å². The zero-order valence-corrected chi connectivity index (χ0v) is 18.6. The van der Waals surface area contributed by atoms with Gasteiger partial charge in [0.2, 0.25) is 0 Å². The smallest absolute Gasteiger partial charge is 0.384 e. The number of alkyl halides is 12. The molecule has 0 aromatic rings. The Hall–Kier alpha value is -2.43. The topological polar surface area (TPSA) is 96.7 Å². The highest BCUT2D eigenvalue weighted by Gasteiger charge is 2.87. The van der Waals surface area contributed by atoms with Crippen LogP contribution in [-0.2, 0) is 19.1 Å². The van der Waals surface area contributed by atoms with Crippen molar-refractivity contribution in [3.05, 3.63) is 0 Å². The second-order valence-corrected chi connectivity index (χ2v) is 7.99. The molecule has 0 saturated heterocycles. The fourth-order valence-electron chi connectivity index (χ4n) is 2.63. The van der Waals surface area contributed by atoms with Gasteiger partial charge in [0, 0.05) is 5.41 Å². The highest BCUT2D eigenvalue weighted by Crippen LogP contribution is 2.58. The molecule has 0 aromatic carbocycles. The first kappa shape index (κ1) is 33.6. The fourth-order valence-corrected chi connectivity index (χ4v) is 2.63. The molecule has 212 valence electrons. The quantitative estimate of drug-likeness (QED) is 0.127. The molecule has 6 nitrogen and oxygen atoms in total. The van der Waals surface area contributed by atoms with Crippen LogP contribution in [0.3, 0.4) is 0 Å². The number of nitrogens with one attached hydrogen (secondary N) is 1. The molecule has 18 heteroatoms. The van der Waals surface area contributed by atoms with Gasteiger partial charge in [0.05, 0.1) is 5.92 Å². The van der Waals surface area contributed by atoms with Crippen molar-refractivity contribution in [2.24, 2.45) is 11.3 Å². The van der Waals surface area contributed by atoms with E-state index in [0.717, 1.165) is 6.92 Å². The third kappa shape index (κ3) is 6.27. The number of aliphatic carboxylic acids is 1. The first-order chi connectivity index (χ1) is 15.9. The van der Waals surface area contributed by atoms with E-state index in [1.807, 2.05) is 0 Å². The van der Waals surface area contributed by atoms with Crippen molar-refractivity contribution in [2.75, 3.05) is 13.2 Å². The normalized spacial score (nSPS) is 16.3. The number of carboxylic acid groups (broad SMARTS) is 1. The molecule has 0 amide bonds. The van der Waals surface area contributed by atoms with Crippen LogP contribution in [0, 0.1) is 16.7 Å². The Morgan fingerprint density at radius 1 is 0.889 bits per heavy atom. The molecular formula is C18H21F12NO5. The van der Waals surface area contributed by atoms with Crippen molar-refractivity contribution in [2.45, 2.75) is 69.7 Å². The standard InChI is InChI=1S/C18H21F12NO5/c1-4-13(3,12(31)35-6-9(32)33)5-8(2)10(34)36-7-14(21,22)16(25,26)18(29,30)17(27,28)15(23,24)11(19)20/h8,11,31H,4-7H2,1-3H3,(H,32,33). The summed E-state index contributed by atoms with van der Waals surface area (Å²) in [4.78, 5) is 22.5. The molecule has 0 heterocycles. The molecule has 0 aliphatic carbocycles. The van der Waals surface area contributed by atoms with Gasteiger partial charge >= 0.3 is 48.0 Å². The number of carboxylic acids is 1. The molecular weight excluding hydrogens is 538 g/mol. The van der Waals surface area contributed by atoms with Gasteiger partial charge in [0.1, 0.15) is 0 Å². The highest BCUT2D eigenvalue weighted by molar-refractivity contribution is 5.82. The summed E-state index contributed by atoms with van der Waals surface area (Å²) >= 11 is 0. The summed E-state index contributed by atoms with van der Waals surface area (Å²) in [6, 6.07) is 0. The van der Waals surface area contributed by atoms with Crippen LogP contribution in [-0.4, -0.2) is 72.2 Å². The van der Waals surface area contributed by atoms with Gasteiger partial charge in [0.25, 0.3) is 0 Å². The van der Waals surface area contributed by atoms with Crippen LogP contribution in [0.1, 0.15) is 33.6 Å². The van der Waals surface area contributed by atoms with Crippen molar-refractivity contribution in [1.29, 1.82) is 5.41 Å². The lowest BCUT2D eigenvalue weighted by atomic mass is 9.79. The Bertz CT molecular complexity index is 820. The maximum absolute atomic E-state index is 13.8. The highest BCUT2D eigenvalue weighted by atomic mass is 19.4. The van der Waals surface area contributed by atoms with E-state index in [1.54, 1.807) is 0 Å². The zero-order chi connectivity index (χ0) is 29.1. The number of carbonyl (C=O) groups excluding carboxylic acids is 1. The Balaban J connectivity index is 5.65. The van der Waals surface area contributed by atoms with E-state index in [-0.39, 0.29) is 6.42 Å². The van der Waals surface area contributed by atoms with Crippen LogP contribution in [0.2, 0.25) is 0 Å².